The molecule has 0 bridgehead atoms. The highest BCUT2D eigenvalue weighted by atomic mass is 16.5. The van der Waals surface area contributed by atoms with Gasteiger partial charge in [0.2, 0.25) is 5.91 Å². The van der Waals surface area contributed by atoms with Crippen molar-refractivity contribution in [1.82, 2.24) is 25.5 Å². The van der Waals surface area contributed by atoms with Crippen molar-refractivity contribution in [3.05, 3.63) is 41.7 Å². The van der Waals surface area contributed by atoms with Crippen molar-refractivity contribution in [1.29, 1.82) is 0 Å². The maximum Gasteiger partial charge on any atom is 0.223 e. The Balaban J connectivity index is 1.65. The van der Waals surface area contributed by atoms with E-state index in [1.807, 2.05) is 11.0 Å². The van der Waals surface area contributed by atoms with Crippen molar-refractivity contribution in [3.63, 3.8) is 0 Å². The van der Waals surface area contributed by atoms with Crippen molar-refractivity contribution in [3.8, 4) is 17.2 Å². The number of H-pyrrole nitrogens is 1. The molecule has 9 heteroatoms. The maximum atomic E-state index is 13.5. The largest absolute Gasteiger partial charge is 0.507 e. The predicted octanol–water partition coefficient (Wildman–Crippen LogP) is 3.56. The predicted molar refractivity (Wildman–Crippen MR) is 127 cm³/mol. The number of methoxy groups -OCH3 is 2. The average molecular weight is 468 g/mol. The van der Waals surface area contributed by atoms with Crippen LogP contribution in [0.1, 0.15) is 50.4 Å². The minimum Gasteiger partial charge on any atom is -0.507 e. The summed E-state index contributed by atoms with van der Waals surface area (Å²) in [6, 6.07) is 3.33. The molecule has 9 nitrogen and oxygen atoms in total. The van der Waals surface area contributed by atoms with Crippen LogP contribution in [0.5, 0.6) is 17.2 Å². The first-order chi connectivity index (χ1) is 16.4. The summed E-state index contributed by atoms with van der Waals surface area (Å²) in [6.07, 6.45) is 8.17. The maximum absolute atomic E-state index is 13.5. The Kier molecular flexibility index (Phi) is 7.19. The number of aromatic hydroxyl groups is 1. The van der Waals surface area contributed by atoms with Crippen LogP contribution in [0.4, 0.5) is 0 Å². The number of aromatic amines is 1. The quantitative estimate of drug-likeness (QED) is 0.640. The number of nitrogens with one attached hydrogen (secondary N) is 1. The summed E-state index contributed by atoms with van der Waals surface area (Å²) in [5, 5.41) is 25.0. The smallest absolute Gasteiger partial charge is 0.223 e. The Labute approximate surface area is 199 Å². The molecule has 1 fully saturated rings. The zero-order chi connectivity index (χ0) is 24.2. The molecular weight excluding hydrogens is 434 g/mol. The SMILES string of the molecule is COc1cc(O)c(C(CC(=O)N2C[C@H](C)C[C@H](C)C2)C2C=CC(c3nnn[nH]3)=CC2)c(OC)c1. The highest BCUT2D eigenvalue weighted by molar-refractivity contribution is 5.78. The number of carbonyl (C=O) groups excluding carboxylic acids is 1. The topological polar surface area (TPSA) is 113 Å². The number of tetrazole rings is 1. The zero-order valence-electron chi connectivity index (χ0n) is 20.2. The summed E-state index contributed by atoms with van der Waals surface area (Å²) in [7, 11) is 3.11. The summed E-state index contributed by atoms with van der Waals surface area (Å²) < 4.78 is 11.0. The van der Waals surface area contributed by atoms with Crippen LogP contribution >= 0.6 is 0 Å². The second kappa shape index (κ2) is 10.3. The number of allylic oxidation sites excluding steroid dienone is 4. The van der Waals surface area contributed by atoms with E-state index in [1.54, 1.807) is 26.4 Å². The van der Waals surface area contributed by atoms with Crippen LogP contribution in [-0.2, 0) is 4.79 Å². The molecule has 2 N–H and O–H groups in total. The second-order valence-electron chi connectivity index (χ2n) is 9.49. The first-order valence-electron chi connectivity index (χ1n) is 11.7. The van der Waals surface area contributed by atoms with E-state index >= 15 is 0 Å². The molecule has 4 rings (SSSR count). The van der Waals surface area contributed by atoms with Crippen molar-refractivity contribution in [2.24, 2.45) is 17.8 Å². The van der Waals surface area contributed by atoms with Crippen LogP contribution in [0.15, 0.2) is 30.4 Å². The fourth-order valence-electron chi connectivity index (χ4n) is 5.29. The van der Waals surface area contributed by atoms with Crippen LogP contribution in [0.2, 0.25) is 0 Å². The first-order valence-corrected chi connectivity index (χ1v) is 11.7. The number of piperidine rings is 1. The van der Waals surface area contributed by atoms with Crippen LogP contribution < -0.4 is 9.47 Å². The molecule has 0 saturated carbocycles. The normalized spacial score (nSPS) is 23.4. The van der Waals surface area contributed by atoms with Gasteiger partial charge in [-0.2, -0.15) is 0 Å². The Hall–Kier alpha value is -3.36. The van der Waals surface area contributed by atoms with E-state index in [0.29, 0.717) is 41.1 Å². The van der Waals surface area contributed by atoms with Gasteiger partial charge in [0.15, 0.2) is 5.82 Å². The minimum atomic E-state index is -0.275. The van der Waals surface area contributed by atoms with Gasteiger partial charge in [-0.05, 0) is 41.0 Å². The molecule has 182 valence electrons. The van der Waals surface area contributed by atoms with Crippen LogP contribution in [0.3, 0.4) is 0 Å². The van der Waals surface area contributed by atoms with E-state index in [9.17, 15) is 9.90 Å². The van der Waals surface area contributed by atoms with Crippen LogP contribution in [0.25, 0.3) is 5.57 Å². The van der Waals surface area contributed by atoms with E-state index in [2.05, 4.69) is 46.6 Å². The highest BCUT2D eigenvalue weighted by Crippen LogP contribution is 2.46. The number of hydrogen-bond donors (Lipinski definition) is 2. The number of amides is 1. The molecule has 1 aliphatic carbocycles. The molecule has 1 saturated heterocycles. The van der Waals surface area contributed by atoms with E-state index < -0.39 is 0 Å². The lowest BCUT2D eigenvalue weighted by Gasteiger charge is -2.37. The van der Waals surface area contributed by atoms with Gasteiger partial charge >= 0.3 is 0 Å². The number of carbonyl (C=O) groups is 1. The molecule has 34 heavy (non-hydrogen) atoms. The van der Waals surface area contributed by atoms with Gasteiger partial charge < -0.3 is 19.5 Å². The van der Waals surface area contributed by atoms with Crippen molar-refractivity contribution in [2.75, 3.05) is 27.3 Å². The van der Waals surface area contributed by atoms with E-state index in [4.69, 9.17) is 9.47 Å². The standard InChI is InChI=1S/C25H33N5O4/c1-15-9-16(2)14-30(13-15)23(32)12-20(24-21(31)10-19(33-3)11-22(24)34-4)17-5-7-18(8-6-17)25-26-28-29-27-25/h5,7-8,10-11,15-17,20,31H,6,9,12-14H2,1-4H3,(H,26,27,28,29)/t15-,16+,17?,20?. The lowest BCUT2D eigenvalue weighted by molar-refractivity contribution is -0.134. The molecule has 2 heterocycles. The highest BCUT2D eigenvalue weighted by Gasteiger charge is 2.34. The monoisotopic (exact) mass is 467 g/mol. The molecule has 2 aliphatic rings. The van der Waals surface area contributed by atoms with Gasteiger partial charge in [0.25, 0.3) is 0 Å². The lowest BCUT2D eigenvalue weighted by Crippen LogP contribution is -2.43. The number of phenols is 1. The van der Waals surface area contributed by atoms with E-state index in [0.717, 1.165) is 25.1 Å². The number of hydrogen-bond acceptors (Lipinski definition) is 7. The number of rotatable bonds is 7. The van der Waals surface area contributed by atoms with Crippen molar-refractivity contribution >= 4 is 11.5 Å². The van der Waals surface area contributed by atoms with E-state index in [-0.39, 0.29) is 29.9 Å². The van der Waals surface area contributed by atoms with Gasteiger partial charge in [0, 0.05) is 48.7 Å². The Morgan fingerprint density at radius 2 is 2.00 bits per heavy atom. The molecule has 1 amide bonds. The molecule has 1 aromatic carbocycles. The molecule has 4 atom stereocenters. The third-order valence-corrected chi connectivity index (χ3v) is 6.80. The summed E-state index contributed by atoms with van der Waals surface area (Å²) >= 11 is 0. The fraction of sp³-hybridized carbons (Fsp3) is 0.520. The van der Waals surface area contributed by atoms with E-state index in [1.165, 1.54) is 0 Å². The number of nitrogens with zero attached hydrogens (tertiary/aromatic N) is 4. The second-order valence-corrected chi connectivity index (χ2v) is 9.49. The summed E-state index contributed by atoms with van der Waals surface area (Å²) in [5.41, 5.74) is 1.53. The number of ether oxygens (including phenoxy) is 2. The van der Waals surface area contributed by atoms with Crippen molar-refractivity contribution < 1.29 is 19.4 Å². The van der Waals surface area contributed by atoms with Crippen LogP contribution in [-0.4, -0.2) is 63.8 Å². The number of phenolic OH excluding ortho intramolecular Hbond substituents is 1. The van der Waals surface area contributed by atoms with Gasteiger partial charge in [-0.3, -0.25) is 4.79 Å². The van der Waals surface area contributed by atoms with Gasteiger partial charge in [-0.1, -0.05) is 32.1 Å². The lowest BCUT2D eigenvalue weighted by atomic mass is 9.77. The molecule has 0 spiro atoms. The minimum absolute atomic E-state index is 0.0172. The number of likely N-dealkylation sites (tertiary alicyclic amines) is 1. The molecular formula is C25H33N5O4. The Morgan fingerprint density at radius 1 is 1.24 bits per heavy atom. The number of aromatic nitrogens is 4. The number of benzene rings is 1. The third-order valence-electron chi connectivity index (χ3n) is 6.80. The molecule has 0 radical (unpaired) electrons. The third kappa shape index (κ3) is 5.08. The summed E-state index contributed by atoms with van der Waals surface area (Å²) in [4.78, 5) is 15.5. The molecule has 1 aliphatic heterocycles. The Bertz CT molecular complexity index is 1060. The molecule has 1 aromatic heterocycles. The average Bonchev–Trinajstić information content (AvgIpc) is 3.37. The van der Waals surface area contributed by atoms with Gasteiger partial charge in [0.05, 0.1) is 14.2 Å². The zero-order valence-corrected chi connectivity index (χ0v) is 20.2. The summed E-state index contributed by atoms with van der Waals surface area (Å²) in [6.45, 7) is 5.93. The Morgan fingerprint density at radius 3 is 2.59 bits per heavy atom. The fourth-order valence-corrected chi connectivity index (χ4v) is 5.29. The molecule has 2 aromatic rings. The van der Waals surface area contributed by atoms with Gasteiger partial charge in [-0.15, -0.1) is 5.10 Å². The summed E-state index contributed by atoms with van der Waals surface area (Å²) in [5.74, 6) is 2.44. The molecule has 2 unspecified atom stereocenters. The van der Waals surface area contributed by atoms with Gasteiger partial charge in [-0.25, -0.2) is 5.10 Å². The van der Waals surface area contributed by atoms with Gasteiger partial charge in [0.1, 0.15) is 17.2 Å². The first kappa shape index (κ1) is 23.8. The van der Waals surface area contributed by atoms with Crippen LogP contribution in [0, 0.1) is 17.8 Å². The van der Waals surface area contributed by atoms with Crippen molar-refractivity contribution in [2.45, 2.75) is 39.0 Å².